The van der Waals surface area contributed by atoms with Crippen LogP contribution >= 0.6 is 0 Å². The molecule has 0 spiro atoms. The lowest BCUT2D eigenvalue weighted by Gasteiger charge is -2.24. The van der Waals surface area contributed by atoms with Crippen LogP contribution in [0.5, 0.6) is 0 Å². The van der Waals surface area contributed by atoms with E-state index in [1.807, 2.05) is 18.7 Å². The van der Waals surface area contributed by atoms with Gasteiger partial charge in [-0.15, -0.1) is 0 Å². The van der Waals surface area contributed by atoms with E-state index in [0.717, 1.165) is 25.1 Å². The molecule has 2 aliphatic rings. The van der Waals surface area contributed by atoms with Gasteiger partial charge in [-0.1, -0.05) is 43.6 Å². The SMILES string of the molecule is CC(C)c1nc(C23CCCC2CN(C(=O)Cc2ccccc2F)C3)no1. The molecule has 1 amide bonds. The summed E-state index contributed by atoms with van der Waals surface area (Å²) < 4.78 is 19.3. The normalized spacial score (nSPS) is 25.1. The van der Waals surface area contributed by atoms with Crippen molar-refractivity contribution in [2.45, 2.75) is 50.9 Å². The molecule has 138 valence electrons. The number of nitrogens with zero attached hydrogens (tertiary/aromatic N) is 3. The molecule has 1 aliphatic carbocycles. The van der Waals surface area contributed by atoms with Crippen LogP contribution in [-0.2, 0) is 16.6 Å². The summed E-state index contributed by atoms with van der Waals surface area (Å²) in [6.45, 7) is 5.35. The second kappa shape index (κ2) is 6.49. The average Bonchev–Trinajstić information content (AvgIpc) is 3.30. The van der Waals surface area contributed by atoms with E-state index in [1.165, 1.54) is 6.07 Å². The van der Waals surface area contributed by atoms with Crippen molar-refractivity contribution in [1.29, 1.82) is 0 Å². The molecule has 4 rings (SSSR count). The molecule has 2 fully saturated rings. The summed E-state index contributed by atoms with van der Waals surface area (Å²) in [5, 5.41) is 4.26. The Balaban J connectivity index is 1.54. The van der Waals surface area contributed by atoms with Crippen LogP contribution in [0.3, 0.4) is 0 Å². The topological polar surface area (TPSA) is 59.2 Å². The number of hydrogen-bond acceptors (Lipinski definition) is 4. The fourth-order valence-corrected chi connectivity index (χ4v) is 4.43. The standard InChI is InChI=1S/C20H24FN3O2/c1-13(2)18-22-19(23-26-18)20-9-5-7-15(20)11-24(12-20)17(25)10-14-6-3-4-8-16(14)21/h3-4,6,8,13,15H,5,7,9-12H2,1-2H3. The van der Waals surface area contributed by atoms with Gasteiger partial charge in [-0.05, 0) is 30.4 Å². The third kappa shape index (κ3) is 2.81. The van der Waals surface area contributed by atoms with Gasteiger partial charge in [0.1, 0.15) is 5.82 Å². The minimum atomic E-state index is -0.324. The summed E-state index contributed by atoms with van der Waals surface area (Å²) in [6, 6.07) is 6.48. The van der Waals surface area contributed by atoms with Gasteiger partial charge in [0.15, 0.2) is 5.82 Å². The van der Waals surface area contributed by atoms with Crippen LogP contribution in [0.4, 0.5) is 4.39 Å². The number of halogens is 1. The maximum absolute atomic E-state index is 13.9. The van der Waals surface area contributed by atoms with Crippen molar-refractivity contribution in [3.05, 3.63) is 47.4 Å². The Kier molecular flexibility index (Phi) is 4.29. The Morgan fingerprint density at radius 3 is 2.96 bits per heavy atom. The molecule has 1 aromatic carbocycles. The average molecular weight is 357 g/mol. The fourth-order valence-electron chi connectivity index (χ4n) is 4.43. The predicted octanol–water partition coefficient (Wildman–Crippen LogP) is 3.45. The van der Waals surface area contributed by atoms with Crippen LogP contribution in [0.1, 0.15) is 56.3 Å². The second-order valence-electron chi connectivity index (χ2n) is 7.90. The van der Waals surface area contributed by atoms with E-state index < -0.39 is 0 Å². The summed E-state index contributed by atoms with van der Waals surface area (Å²) in [4.78, 5) is 19.3. The van der Waals surface area contributed by atoms with E-state index in [0.29, 0.717) is 30.5 Å². The van der Waals surface area contributed by atoms with Crippen molar-refractivity contribution in [1.82, 2.24) is 15.0 Å². The largest absolute Gasteiger partial charge is 0.341 e. The van der Waals surface area contributed by atoms with E-state index in [1.54, 1.807) is 18.2 Å². The van der Waals surface area contributed by atoms with Gasteiger partial charge in [0.05, 0.1) is 11.8 Å². The highest BCUT2D eigenvalue weighted by atomic mass is 19.1. The molecule has 0 N–H and O–H groups in total. The van der Waals surface area contributed by atoms with Gasteiger partial charge < -0.3 is 9.42 Å². The number of likely N-dealkylation sites (tertiary alicyclic amines) is 1. The van der Waals surface area contributed by atoms with Crippen LogP contribution in [0.25, 0.3) is 0 Å². The van der Waals surface area contributed by atoms with E-state index in [9.17, 15) is 9.18 Å². The van der Waals surface area contributed by atoms with Gasteiger partial charge >= 0.3 is 0 Å². The predicted molar refractivity (Wildman–Crippen MR) is 94.1 cm³/mol. The van der Waals surface area contributed by atoms with E-state index in [4.69, 9.17) is 4.52 Å². The van der Waals surface area contributed by atoms with Crippen LogP contribution in [0.2, 0.25) is 0 Å². The first-order valence-corrected chi connectivity index (χ1v) is 9.35. The summed E-state index contributed by atoms with van der Waals surface area (Å²) in [7, 11) is 0. The molecule has 6 heteroatoms. The molecule has 2 unspecified atom stereocenters. The van der Waals surface area contributed by atoms with Crippen molar-refractivity contribution < 1.29 is 13.7 Å². The molecule has 1 aromatic heterocycles. The lowest BCUT2D eigenvalue weighted by atomic mass is 9.80. The number of hydrogen-bond donors (Lipinski definition) is 0. The number of fused-ring (bicyclic) bond motifs is 1. The zero-order valence-electron chi connectivity index (χ0n) is 15.2. The van der Waals surface area contributed by atoms with Gasteiger partial charge in [-0.3, -0.25) is 4.79 Å². The second-order valence-corrected chi connectivity index (χ2v) is 7.90. The molecule has 1 saturated heterocycles. The third-order valence-electron chi connectivity index (χ3n) is 5.90. The van der Waals surface area contributed by atoms with Crippen LogP contribution in [-0.4, -0.2) is 34.0 Å². The first kappa shape index (κ1) is 17.2. The van der Waals surface area contributed by atoms with Gasteiger partial charge in [0.25, 0.3) is 0 Å². The molecule has 2 aromatic rings. The Labute approximate surface area is 152 Å². The summed E-state index contributed by atoms with van der Waals surface area (Å²) in [5.74, 6) is 1.57. The molecule has 2 atom stereocenters. The van der Waals surface area contributed by atoms with Gasteiger partial charge in [-0.2, -0.15) is 4.98 Å². The summed E-state index contributed by atoms with van der Waals surface area (Å²) in [5.41, 5.74) is 0.243. The minimum Gasteiger partial charge on any atom is -0.341 e. The lowest BCUT2D eigenvalue weighted by Crippen LogP contribution is -2.36. The highest BCUT2D eigenvalue weighted by Gasteiger charge is 2.54. The van der Waals surface area contributed by atoms with E-state index >= 15 is 0 Å². The number of carbonyl (C=O) groups is 1. The van der Waals surface area contributed by atoms with Crippen LogP contribution < -0.4 is 0 Å². The summed E-state index contributed by atoms with van der Waals surface area (Å²) in [6.07, 6.45) is 3.25. The first-order valence-electron chi connectivity index (χ1n) is 9.35. The molecular weight excluding hydrogens is 333 g/mol. The Morgan fingerprint density at radius 1 is 1.42 bits per heavy atom. The lowest BCUT2D eigenvalue weighted by molar-refractivity contribution is -0.129. The fraction of sp³-hybridized carbons (Fsp3) is 0.550. The molecule has 0 radical (unpaired) electrons. The Hall–Kier alpha value is -2.24. The monoisotopic (exact) mass is 357 g/mol. The molecule has 2 heterocycles. The van der Waals surface area contributed by atoms with Crippen molar-refractivity contribution in [3.8, 4) is 0 Å². The number of carbonyl (C=O) groups excluding carboxylic acids is 1. The van der Waals surface area contributed by atoms with Crippen molar-refractivity contribution in [3.63, 3.8) is 0 Å². The number of aromatic nitrogens is 2. The Morgan fingerprint density at radius 2 is 2.23 bits per heavy atom. The smallest absolute Gasteiger partial charge is 0.229 e. The van der Waals surface area contributed by atoms with Gasteiger partial charge in [0, 0.05) is 19.0 Å². The first-order chi connectivity index (χ1) is 12.5. The molecule has 1 aliphatic heterocycles. The molecule has 26 heavy (non-hydrogen) atoms. The summed E-state index contributed by atoms with van der Waals surface area (Å²) >= 11 is 0. The van der Waals surface area contributed by atoms with Crippen LogP contribution in [0, 0.1) is 11.7 Å². The van der Waals surface area contributed by atoms with Crippen molar-refractivity contribution >= 4 is 5.91 Å². The number of amides is 1. The molecular formula is C20H24FN3O2. The highest BCUT2D eigenvalue weighted by molar-refractivity contribution is 5.79. The minimum absolute atomic E-state index is 0.0311. The van der Waals surface area contributed by atoms with Gasteiger partial charge in [-0.25, -0.2) is 4.39 Å². The Bertz CT molecular complexity index is 819. The van der Waals surface area contributed by atoms with E-state index in [2.05, 4.69) is 10.1 Å². The quantitative estimate of drug-likeness (QED) is 0.841. The molecule has 0 bridgehead atoms. The maximum atomic E-state index is 13.9. The zero-order chi connectivity index (χ0) is 18.3. The molecule has 5 nitrogen and oxygen atoms in total. The maximum Gasteiger partial charge on any atom is 0.229 e. The van der Waals surface area contributed by atoms with Crippen molar-refractivity contribution in [2.75, 3.05) is 13.1 Å². The zero-order valence-corrected chi connectivity index (χ0v) is 15.2. The molecule has 1 saturated carbocycles. The van der Waals surface area contributed by atoms with Crippen molar-refractivity contribution in [2.24, 2.45) is 5.92 Å². The highest BCUT2D eigenvalue weighted by Crippen LogP contribution is 2.49. The van der Waals surface area contributed by atoms with Crippen LogP contribution in [0.15, 0.2) is 28.8 Å². The van der Waals surface area contributed by atoms with E-state index in [-0.39, 0.29) is 29.5 Å². The number of rotatable bonds is 4. The third-order valence-corrected chi connectivity index (χ3v) is 5.90. The number of benzene rings is 1. The van der Waals surface area contributed by atoms with Gasteiger partial charge in [0.2, 0.25) is 11.8 Å².